The van der Waals surface area contributed by atoms with Crippen molar-refractivity contribution in [1.29, 1.82) is 0 Å². The van der Waals surface area contributed by atoms with Gasteiger partial charge in [0.25, 0.3) is 0 Å². The summed E-state index contributed by atoms with van der Waals surface area (Å²) in [7, 11) is 0. The van der Waals surface area contributed by atoms with E-state index >= 15 is 0 Å². The van der Waals surface area contributed by atoms with Crippen molar-refractivity contribution in [3.8, 4) is 11.4 Å². The molecule has 0 bridgehead atoms. The first-order valence-electron chi connectivity index (χ1n) is 5.10. The summed E-state index contributed by atoms with van der Waals surface area (Å²) in [5.41, 5.74) is 8.79. The summed E-state index contributed by atoms with van der Waals surface area (Å²) in [6, 6.07) is 9.21. The van der Waals surface area contributed by atoms with Crippen LogP contribution >= 0.6 is 11.6 Å². The second-order valence-electron chi connectivity index (χ2n) is 3.70. The summed E-state index contributed by atoms with van der Waals surface area (Å²) >= 11 is 5.88. The Bertz CT molecular complexity index is 657. The van der Waals surface area contributed by atoms with Crippen LogP contribution in [0.5, 0.6) is 0 Å². The minimum absolute atomic E-state index is 0.539. The van der Waals surface area contributed by atoms with Gasteiger partial charge in [-0.1, -0.05) is 11.6 Å². The number of nitrogen functional groups attached to an aromatic ring is 1. The summed E-state index contributed by atoms with van der Waals surface area (Å²) in [6.45, 7) is 0. The van der Waals surface area contributed by atoms with E-state index < -0.39 is 0 Å². The van der Waals surface area contributed by atoms with E-state index in [-0.39, 0.29) is 0 Å². The average Bonchev–Trinajstić information content (AvgIpc) is 2.76. The Morgan fingerprint density at radius 2 is 2.12 bits per heavy atom. The highest BCUT2D eigenvalue weighted by atomic mass is 35.5. The third-order valence-electron chi connectivity index (χ3n) is 2.53. The number of nitrogens with zero attached hydrogens (tertiary/aromatic N) is 2. The van der Waals surface area contributed by atoms with E-state index in [0.29, 0.717) is 16.4 Å². The molecule has 0 aliphatic carbocycles. The molecule has 2 heterocycles. The summed E-state index contributed by atoms with van der Waals surface area (Å²) in [5.74, 6) is 0.738. The first kappa shape index (κ1) is 10.1. The Kier molecular flexibility index (Phi) is 2.23. The normalized spacial score (nSPS) is 10.9. The first-order valence-corrected chi connectivity index (χ1v) is 5.48. The number of benzene rings is 1. The van der Waals surface area contributed by atoms with Gasteiger partial charge in [-0.3, -0.25) is 0 Å². The lowest BCUT2D eigenvalue weighted by Gasteiger charge is -2.00. The zero-order chi connectivity index (χ0) is 11.8. The Hall–Kier alpha value is -2.07. The number of aromatic nitrogens is 3. The number of hydrogen-bond acceptors (Lipinski definition) is 3. The lowest BCUT2D eigenvalue weighted by Crippen LogP contribution is -1.88. The van der Waals surface area contributed by atoms with Gasteiger partial charge in [-0.2, -0.15) is 0 Å². The van der Waals surface area contributed by atoms with Crippen molar-refractivity contribution in [2.75, 3.05) is 5.73 Å². The third kappa shape index (κ3) is 1.72. The SMILES string of the molecule is Nc1cc(-c2nc3ncccc3[nH]2)ccc1Cl. The van der Waals surface area contributed by atoms with Crippen molar-refractivity contribution >= 4 is 28.5 Å². The maximum absolute atomic E-state index is 5.88. The predicted octanol–water partition coefficient (Wildman–Crippen LogP) is 2.86. The second kappa shape index (κ2) is 3.75. The average molecular weight is 245 g/mol. The maximum Gasteiger partial charge on any atom is 0.178 e. The van der Waals surface area contributed by atoms with Crippen LogP contribution in [0.4, 0.5) is 5.69 Å². The molecule has 5 heteroatoms. The molecule has 17 heavy (non-hydrogen) atoms. The molecule has 3 rings (SSSR count). The van der Waals surface area contributed by atoms with Gasteiger partial charge in [0.15, 0.2) is 5.65 Å². The molecule has 0 saturated carbocycles. The number of halogens is 1. The minimum atomic E-state index is 0.539. The molecule has 3 N–H and O–H groups in total. The van der Waals surface area contributed by atoms with Gasteiger partial charge in [0.05, 0.1) is 16.2 Å². The van der Waals surface area contributed by atoms with E-state index in [0.717, 1.165) is 16.9 Å². The minimum Gasteiger partial charge on any atom is -0.398 e. The predicted molar refractivity (Wildman–Crippen MR) is 68.7 cm³/mol. The van der Waals surface area contributed by atoms with Crippen molar-refractivity contribution in [2.24, 2.45) is 0 Å². The number of hydrogen-bond donors (Lipinski definition) is 2. The van der Waals surface area contributed by atoms with Crippen molar-refractivity contribution in [2.45, 2.75) is 0 Å². The van der Waals surface area contributed by atoms with E-state index in [1.165, 1.54) is 0 Å². The van der Waals surface area contributed by atoms with Gasteiger partial charge in [0.1, 0.15) is 5.82 Å². The number of nitrogens with one attached hydrogen (secondary N) is 1. The van der Waals surface area contributed by atoms with Gasteiger partial charge in [-0.05, 0) is 30.3 Å². The Labute approximate surface area is 102 Å². The fourth-order valence-electron chi connectivity index (χ4n) is 1.67. The van der Waals surface area contributed by atoms with Gasteiger partial charge >= 0.3 is 0 Å². The lowest BCUT2D eigenvalue weighted by atomic mass is 10.2. The third-order valence-corrected chi connectivity index (χ3v) is 2.87. The van der Waals surface area contributed by atoms with Crippen LogP contribution in [0.15, 0.2) is 36.5 Å². The van der Waals surface area contributed by atoms with Crippen LogP contribution in [0, 0.1) is 0 Å². The fourth-order valence-corrected chi connectivity index (χ4v) is 1.79. The molecule has 2 aromatic heterocycles. The number of fused-ring (bicyclic) bond motifs is 1. The summed E-state index contributed by atoms with van der Waals surface area (Å²) in [5, 5.41) is 0.544. The van der Waals surface area contributed by atoms with E-state index in [1.54, 1.807) is 18.3 Å². The number of pyridine rings is 1. The molecule has 0 radical (unpaired) electrons. The zero-order valence-electron chi connectivity index (χ0n) is 8.81. The number of nitrogens with two attached hydrogens (primary N) is 1. The van der Waals surface area contributed by atoms with Gasteiger partial charge in [-0.25, -0.2) is 9.97 Å². The van der Waals surface area contributed by atoms with Crippen LogP contribution in [0.25, 0.3) is 22.6 Å². The number of aromatic amines is 1. The number of imidazole rings is 1. The fraction of sp³-hybridized carbons (Fsp3) is 0. The molecule has 84 valence electrons. The lowest BCUT2D eigenvalue weighted by molar-refractivity contribution is 1.30. The van der Waals surface area contributed by atoms with E-state index in [1.807, 2.05) is 18.2 Å². The molecule has 0 spiro atoms. The van der Waals surface area contributed by atoms with Gasteiger partial charge in [0.2, 0.25) is 0 Å². The molecule has 0 unspecified atom stereocenters. The highest BCUT2D eigenvalue weighted by Gasteiger charge is 2.06. The van der Waals surface area contributed by atoms with Crippen LogP contribution < -0.4 is 5.73 Å². The molecule has 0 amide bonds. The molecule has 1 aromatic carbocycles. The monoisotopic (exact) mass is 244 g/mol. The van der Waals surface area contributed by atoms with Crippen molar-refractivity contribution < 1.29 is 0 Å². The van der Waals surface area contributed by atoms with E-state index in [2.05, 4.69) is 15.0 Å². The molecule has 0 atom stereocenters. The van der Waals surface area contributed by atoms with E-state index in [9.17, 15) is 0 Å². The smallest absolute Gasteiger partial charge is 0.178 e. The highest BCUT2D eigenvalue weighted by molar-refractivity contribution is 6.33. The molecule has 0 aliphatic heterocycles. The number of H-pyrrole nitrogens is 1. The van der Waals surface area contributed by atoms with E-state index in [4.69, 9.17) is 17.3 Å². The molecule has 0 fully saturated rings. The van der Waals surface area contributed by atoms with Crippen molar-refractivity contribution in [3.63, 3.8) is 0 Å². The first-order chi connectivity index (χ1) is 8.24. The largest absolute Gasteiger partial charge is 0.398 e. The highest BCUT2D eigenvalue weighted by Crippen LogP contribution is 2.25. The van der Waals surface area contributed by atoms with Crippen LogP contribution in [0.2, 0.25) is 5.02 Å². The Morgan fingerprint density at radius 3 is 2.88 bits per heavy atom. The Morgan fingerprint density at radius 1 is 1.24 bits per heavy atom. The topological polar surface area (TPSA) is 67.6 Å². The molecule has 0 saturated heterocycles. The Balaban J connectivity index is 2.17. The summed E-state index contributed by atoms with van der Waals surface area (Å²) in [6.07, 6.45) is 1.71. The van der Waals surface area contributed by atoms with Crippen LogP contribution in [-0.2, 0) is 0 Å². The number of rotatable bonds is 1. The van der Waals surface area contributed by atoms with Crippen molar-refractivity contribution in [3.05, 3.63) is 41.6 Å². The van der Waals surface area contributed by atoms with Crippen molar-refractivity contribution in [1.82, 2.24) is 15.0 Å². The molecule has 0 aliphatic rings. The summed E-state index contributed by atoms with van der Waals surface area (Å²) in [4.78, 5) is 11.7. The maximum atomic E-state index is 5.88. The van der Waals surface area contributed by atoms with Gasteiger partial charge in [0, 0.05) is 11.8 Å². The van der Waals surface area contributed by atoms with Crippen LogP contribution in [-0.4, -0.2) is 15.0 Å². The molecular weight excluding hydrogens is 236 g/mol. The number of anilines is 1. The molecule has 3 aromatic rings. The second-order valence-corrected chi connectivity index (χ2v) is 4.10. The van der Waals surface area contributed by atoms with Gasteiger partial charge in [-0.15, -0.1) is 0 Å². The standard InChI is InChI=1S/C12H9ClN4/c13-8-4-3-7(6-9(8)14)11-16-10-2-1-5-15-12(10)17-11/h1-6H,14H2,(H,15,16,17). The zero-order valence-corrected chi connectivity index (χ0v) is 9.57. The molecular formula is C12H9ClN4. The molecule has 4 nitrogen and oxygen atoms in total. The van der Waals surface area contributed by atoms with Crippen LogP contribution in [0.1, 0.15) is 0 Å². The van der Waals surface area contributed by atoms with Gasteiger partial charge < -0.3 is 10.7 Å². The van der Waals surface area contributed by atoms with Crippen LogP contribution in [0.3, 0.4) is 0 Å². The quantitative estimate of drug-likeness (QED) is 0.647. The summed E-state index contributed by atoms with van der Waals surface area (Å²) < 4.78 is 0.